The number of piperidine rings is 1. The number of nitrogens with one attached hydrogen (secondary N) is 1. The van der Waals surface area contributed by atoms with E-state index in [1.54, 1.807) is 25.1 Å². The lowest BCUT2D eigenvalue weighted by Crippen LogP contribution is -2.46. The van der Waals surface area contributed by atoms with Crippen LogP contribution in [-0.2, 0) is 0 Å². The van der Waals surface area contributed by atoms with Gasteiger partial charge in [-0.2, -0.15) is 4.39 Å². The van der Waals surface area contributed by atoms with E-state index < -0.39 is 5.95 Å². The van der Waals surface area contributed by atoms with Crippen LogP contribution in [0.3, 0.4) is 0 Å². The van der Waals surface area contributed by atoms with E-state index in [1.165, 1.54) is 12.3 Å². The standard InChI is InChI=1S/C13H19FN4O/c1-17(2)13(19)18-7-5-10(6-8-18)16-11-3-4-12(14)15-9-11/h3-4,9-10,16H,5-8H2,1-2H3. The van der Waals surface area contributed by atoms with Crippen molar-refractivity contribution in [1.29, 1.82) is 0 Å². The summed E-state index contributed by atoms with van der Waals surface area (Å²) >= 11 is 0. The molecule has 0 aromatic carbocycles. The van der Waals surface area contributed by atoms with E-state index in [0.717, 1.165) is 31.6 Å². The van der Waals surface area contributed by atoms with Gasteiger partial charge in [-0.05, 0) is 25.0 Å². The number of nitrogens with zero attached hydrogens (tertiary/aromatic N) is 3. The number of rotatable bonds is 2. The summed E-state index contributed by atoms with van der Waals surface area (Å²) in [7, 11) is 3.52. The Balaban J connectivity index is 1.83. The van der Waals surface area contributed by atoms with Gasteiger partial charge in [0.05, 0.1) is 11.9 Å². The van der Waals surface area contributed by atoms with Gasteiger partial charge in [-0.25, -0.2) is 9.78 Å². The van der Waals surface area contributed by atoms with Crippen molar-refractivity contribution in [2.45, 2.75) is 18.9 Å². The predicted molar refractivity (Wildman–Crippen MR) is 71.5 cm³/mol. The molecule has 1 aromatic rings. The Hall–Kier alpha value is -1.85. The minimum Gasteiger partial charge on any atom is -0.381 e. The van der Waals surface area contributed by atoms with Crippen LogP contribution >= 0.6 is 0 Å². The van der Waals surface area contributed by atoms with Crippen molar-refractivity contribution in [2.75, 3.05) is 32.5 Å². The summed E-state index contributed by atoms with van der Waals surface area (Å²) in [5.74, 6) is -0.475. The Kier molecular flexibility index (Phi) is 4.19. The molecule has 0 unspecified atom stereocenters. The molecule has 19 heavy (non-hydrogen) atoms. The molecule has 2 rings (SSSR count). The largest absolute Gasteiger partial charge is 0.381 e. The highest BCUT2D eigenvalue weighted by Crippen LogP contribution is 2.16. The number of carbonyl (C=O) groups excluding carboxylic acids is 1. The number of halogens is 1. The highest BCUT2D eigenvalue weighted by atomic mass is 19.1. The number of likely N-dealkylation sites (tertiary alicyclic amines) is 1. The lowest BCUT2D eigenvalue weighted by molar-refractivity contribution is 0.158. The molecule has 1 aliphatic heterocycles. The lowest BCUT2D eigenvalue weighted by Gasteiger charge is -2.34. The van der Waals surface area contributed by atoms with E-state index in [-0.39, 0.29) is 6.03 Å². The molecule has 6 heteroatoms. The van der Waals surface area contributed by atoms with E-state index in [9.17, 15) is 9.18 Å². The Bertz CT molecular complexity index is 427. The Morgan fingerprint density at radius 2 is 2.11 bits per heavy atom. The fraction of sp³-hybridized carbons (Fsp3) is 0.538. The number of anilines is 1. The van der Waals surface area contributed by atoms with Crippen LogP contribution in [0.15, 0.2) is 18.3 Å². The van der Waals surface area contributed by atoms with Crippen molar-refractivity contribution < 1.29 is 9.18 Å². The van der Waals surface area contributed by atoms with Crippen LogP contribution in [0.1, 0.15) is 12.8 Å². The first-order valence-corrected chi connectivity index (χ1v) is 6.40. The number of aromatic nitrogens is 1. The number of pyridine rings is 1. The van der Waals surface area contributed by atoms with Gasteiger partial charge in [0.2, 0.25) is 5.95 Å². The first kappa shape index (κ1) is 13.6. The van der Waals surface area contributed by atoms with Crippen LogP contribution in [0, 0.1) is 5.95 Å². The minimum atomic E-state index is -0.475. The zero-order chi connectivity index (χ0) is 13.8. The molecule has 0 radical (unpaired) electrons. The van der Waals surface area contributed by atoms with Gasteiger partial charge in [0.1, 0.15) is 0 Å². The van der Waals surface area contributed by atoms with E-state index in [4.69, 9.17) is 0 Å². The summed E-state index contributed by atoms with van der Waals surface area (Å²) in [6.45, 7) is 1.48. The molecule has 1 aromatic heterocycles. The molecule has 0 bridgehead atoms. The molecule has 1 saturated heterocycles. The fourth-order valence-corrected chi connectivity index (χ4v) is 2.19. The summed E-state index contributed by atoms with van der Waals surface area (Å²) < 4.78 is 12.7. The summed E-state index contributed by atoms with van der Waals surface area (Å²) in [4.78, 5) is 18.8. The monoisotopic (exact) mass is 266 g/mol. The molecule has 0 saturated carbocycles. The van der Waals surface area contributed by atoms with Crippen molar-refractivity contribution in [3.05, 3.63) is 24.3 Å². The first-order valence-electron chi connectivity index (χ1n) is 6.40. The summed E-state index contributed by atoms with van der Waals surface area (Å²) in [5, 5.41) is 3.32. The second-order valence-corrected chi connectivity index (χ2v) is 4.95. The van der Waals surface area contributed by atoms with Gasteiger partial charge >= 0.3 is 6.03 Å². The maximum absolute atomic E-state index is 12.7. The molecule has 2 heterocycles. The van der Waals surface area contributed by atoms with Crippen LogP contribution in [0.4, 0.5) is 14.9 Å². The van der Waals surface area contributed by atoms with E-state index >= 15 is 0 Å². The lowest BCUT2D eigenvalue weighted by atomic mass is 10.1. The average Bonchev–Trinajstić information content (AvgIpc) is 2.41. The second kappa shape index (κ2) is 5.86. The quantitative estimate of drug-likeness (QED) is 0.830. The van der Waals surface area contributed by atoms with Crippen LogP contribution in [-0.4, -0.2) is 54.0 Å². The highest BCUT2D eigenvalue weighted by molar-refractivity contribution is 5.73. The number of amides is 2. The summed E-state index contributed by atoms with van der Waals surface area (Å²) in [6, 6.07) is 3.38. The average molecular weight is 266 g/mol. The van der Waals surface area contributed by atoms with Crippen LogP contribution < -0.4 is 5.32 Å². The van der Waals surface area contributed by atoms with E-state index in [2.05, 4.69) is 10.3 Å². The molecule has 1 N–H and O–H groups in total. The van der Waals surface area contributed by atoms with Gasteiger partial charge in [-0.1, -0.05) is 0 Å². The van der Waals surface area contributed by atoms with Crippen molar-refractivity contribution >= 4 is 11.7 Å². The minimum absolute atomic E-state index is 0.0573. The van der Waals surface area contributed by atoms with Crippen molar-refractivity contribution in [1.82, 2.24) is 14.8 Å². The third kappa shape index (κ3) is 3.56. The van der Waals surface area contributed by atoms with Gasteiger partial charge in [-0.15, -0.1) is 0 Å². The first-order chi connectivity index (χ1) is 9.06. The molecule has 0 atom stereocenters. The number of hydrogen-bond donors (Lipinski definition) is 1. The maximum Gasteiger partial charge on any atom is 0.319 e. The summed E-state index contributed by atoms with van der Waals surface area (Å²) in [6.07, 6.45) is 3.26. The van der Waals surface area contributed by atoms with Crippen LogP contribution in [0.2, 0.25) is 0 Å². The third-order valence-electron chi connectivity index (χ3n) is 3.25. The van der Waals surface area contributed by atoms with E-state index in [0.29, 0.717) is 6.04 Å². The zero-order valence-corrected chi connectivity index (χ0v) is 11.3. The molecule has 1 fully saturated rings. The SMILES string of the molecule is CN(C)C(=O)N1CCC(Nc2ccc(F)nc2)CC1. The molecular weight excluding hydrogens is 247 g/mol. The molecule has 5 nitrogen and oxygen atoms in total. The molecule has 0 spiro atoms. The molecule has 2 amide bonds. The molecular formula is C13H19FN4O. The summed E-state index contributed by atoms with van der Waals surface area (Å²) in [5.41, 5.74) is 0.818. The normalized spacial score (nSPS) is 16.3. The number of carbonyl (C=O) groups is 1. The third-order valence-corrected chi connectivity index (χ3v) is 3.25. The van der Waals surface area contributed by atoms with Crippen molar-refractivity contribution in [2.24, 2.45) is 0 Å². The second-order valence-electron chi connectivity index (χ2n) is 4.95. The van der Waals surface area contributed by atoms with Crippen LogP contribution in [0.25, 0.3) is 0 Å². The topological polar surface area (TPSA) is 48.5 Å². The Labute approximate surface area is 112 Å². The maximum atomic E-state index is 12.7. The van der Waals surface area contributed by atoms with Crippen molar-refractivity contribution in [3.8, 4) is 0 Å². The molecule has 104 valence electrons. The van der Waals surface area contributed by atoms with Gasteiger partial charge in [0.15, 0.2) is 0 Å². The van der Waals surface area contributed by atoms with Gasteiger partial charge in [0.25, 0.3) is 0 Å². The van der Waals surface area contributed by atoms with Gasteiger partial charge in [-0.3, -0.25) is 0 Å². The van der Waals surface area contributed by atoms with Crippen LogP contribution in [0.5, 0.6) is 0 Å². The molecule has 0 aliphatic carbocycles. The van der Waals surface area contributed by atoms with Gasteiger partial charge < -0.3 is 15.1 Å². The van der Waals surface area contributed by atoms with E-state index in [1.807, 2.05) is 4.90 Å². The Morgan fingerprint density at radius 1 is 1.42 bits per heavy atom. The fourth-order valence-electron chi connectivity index (χ4n) is 2.19. The highest BCUT2D eigenvalue weighted by Gasteiger charge is 2.23. The smallest absolute Gasteiger partial charge is 0.319 e. The van der Waals surface area contributed by atoms with Gasteiger partial charge in [0, 0.05) is 33.2 Å². The van der Waals surface area contributed by atoms with Crippen molar-refractivity contribution in [3.63, 3.8) is 0 Å². The predicted octanol–water partition coefficient (Wildman–Crippen LogP) is 1.78. The number of hydrogen-bond acceptors (Lipinski definition) is 3. The molecule has 1 aliphatic rings. The number of urea groups is 1. The zero-order valence-electron chi connectivity index (χ0n) is 11.3. The Morgan fingerprint density at radius 3 is 2.63 bits per heavy atom.